The maximum absolute atomic E-state index is 8.77. The molecule has 78 valence electrons. The standard InChI is InChI=1S/C11H23NO/c1-3-5-6-8-12-10-11(4-2)7-9-13/h3,11-13H,1,4-10H2,2H3. The predicted octanol–water partition coefficient (Wildman–Crippen LogP) is 1.95. The largest absolute Gasteiger partial charge is 0.396 e. The Labute approximate surface area is 82.0 Å². The van der Waals surface area contributed by atoms with Gasteiger partial charge in [0.05, 0.1) is 0 Å². The van der Waals surface area contributed by atoms with Crippen molar-refractivity contribution in [3.8, 4) is 0 Å². The van der Waals surface area contributed by atoms with Crippen molar-refractivity contribution in [1.29, 1.82) is 0 Å². The fraction of sp³-hybridized carbons (Fsp3) is 0.818. The minimum Gasteiger partial charge on any atom is -0.396 e. The van der Waals surface area contributed by atoms with Gasteiger partial charge in [0, 0.05) is 6.61 Å². The molecular weight excluding hydrogens is 162 g/mol. The SMILES string of the molecule is C=CCCCNCC(CC)CCO. The van der Waals surface area contributed by atoms with Crippen LogP contribution in [0, 0.1) is 5.92 Å². The highest BCUT2D eigenvalue weighted by Crippen LogP contribution is 2.05. The van der Waals surface area contributed by atoms with Gasteiger partial charge >= 0.3 is 0 Å². The Kier molecular flexibility index (Phi) is 9.49. The van der Waals surface area contributed by atoms with Gasteiger partial charge in [0.2, 0.25) is 0 Å². The molecule has 0 aromatic carbocycles. The average molecular weight is 185 g/mol. The Hall–Kier alpha value is -0.340. The quantitative estimate of drug-likeness (QED) is 0.425. The first-order valence-electron chi connectivity index (χ1n) is 5.27. The molecule has 0 aliphatic rings. The normalized spacial score (nSPS) is 12.8. The summed E-state index contributed by atoms with van der Waals surface area (Å²) >= 11 is 0. The Morgan fingerprint density at radius 1 is 1.54 bits per heavy atom. The lowest BCUT2D eigenvalue weighted by molar-refractivity contribution is 0.251. The highest BCUT2D eigenvalue weighted by atomic mass is 16.3. The molecule has 1 unspecified atom stereocenters. The van der Waals surface area contributed by atoms with E-state index >= 15 is 0 Å². The van der Waals surface area contributed by atoms with E-state index in [0.29, 0.717) is 12.5 Å². The minimum atomic E-state index is 0.312. The maximum atomic E-state index is 8.77. The molecule has 1 atom stereocenters. The van der Waals surface area contributed by atoms with Crippen molar-refractivity contribution in [3.63, 3.8) is 0 Å². The Bertz CT molecular complexity index is 115. The lowest BCUT2D eigenvalue weighted by Crippen LogP contribution is -2.24. The number of rotatable bonds is 9. The van der Waals surface area contributed by atoms with Crippen molar-refractivity contribution >= 4 is 0 Å². The molecule has 0 rings (SSSR count). The first-order valence-corrected chi connectivity index (χ1v) is 5.27. The van der Waals surface area contributed by atoms with Crippen molar-refractivity contribution in [2.24, 2.45) is 5.92 Å². The molecule has 0 saturated carbocycles. The predicted molar refractivity (Wildman–Crippen MR) is 57.8 cm³/mol. The van der Waals surface area contributed by atoms with Gasteiger partial charge in [-0.1, -0.05) is 19.4 Å². The molecule has 2 N–H and O–H groups in total. The van der Waals surface area contributed by atoms with E-state index < -0.39 is 0 Å². The number of hydrogen-bond donors (Lipinski definition) is 2. The minimum absolute atomic E-state index is 0.312. The molecule has 0 heterocycles. The lowest BCUT2D eigenvalue weighted by Gasteiger charge is -2.13. The second kappa shape index (κ2) is 9.75. The number of allylic oxidation sites excluding steroid dienone is 1. The molecule has 0 aromatic rings. The molecule has 2 heteroatoms. The van der Waals surface area contributed by atoms with E-state index in [1.807, 2.05) is 6.08 Å². The van der Waals surface area contributed by atoms with Gasteiger partial charge in [0.25, 0.3) is 0 Å². The monoisotopic (exact) mass is 185 g/mol. The fourth-order valence-corrected chi connectivity index (χ4v) is 1.31. The molecule has 0 fully saturated rings. The molecule has 0 aliphatic carbocycles. The number of hydrogen-bond acceptors (Lipinski definition) is 2. The molecule has 2 nitrogen and oxygen atoms in total. The number of aliphatic hydroxyl groups excluding tert-OH is 1. The van der Waals surface area contributed by atoms with E-state index in [2.05, 4.69) is 18.8 Å². The molecular formula is C11H23NO. The van der Waals surface area contributed by atoms with Crippen LogP contribution in [-0.4, -0.2) is 24.8 Å². The van der Waals surface area contributed by atoms with Crippen molar-refractivity contribution in [2.75, 3.05) is 19.7 Å². The van der Waals surface area contributed by atoms with Crippen molar-refractivity contribution in [3.05, 3.63) is 12.7 Å². The zero-order chi connectivity index (χ0) is 9.94. The summed E-state index contributed by atoms with van der Waals surface area (Å²) in [7, 11) is 0. The van der Waals surface area contributed by atoms with Crippen LogP contribution >= 0.6 is 0 Å². The summed E-state index contributed by atoms with van der Waals surface area (Å²) in [5, 5.41) is 12.2. The van der Waals surface area contributed by atoms with E-state index in [1.54, 1.807) is 0 Å². The van der Waals surface area contributed by atoms with Crippen LogP contribution in [0.15, 0.2) is 12.7 Å². The fourth-order valence-electron chi connectivity index (χ4n) is 1.31. The number of aliphatic hydroxyl groups is 1. The van der Waals surface area contributed by atoms with Gasteiger partial charge in [-0.05, 0) is 38.3 Å². The van der Waals surface area contributed by atoms with Crippen LogP contribution in [0.2, 0.25) is 0 Å². The van der Waals surface area contributed by atoms with Crippen LogP contribution in [-0.2, 0) is 0 Å². The molecule has 0 aliphatic heterocycles. The first kappa shape index (κ1) is 12.7. The van der Waals surface area contributed by atoms with Gasteiger partial charge in [0.1, 0.15) is 0 Å². The van der Waals surface area contributed by atoms with Gasteiger partial charge in [0.15, 0.2) is 0 Å². The number of unbranched alkanes of at least 4 members (excludes halogenated alkanes) is 1. The Morgan fingerprint density at radius 3 is 2.85 bits per heavy atom. The summed E-state index contributed by atoms with van der Waals surface area (Å²) in [4.78, 5) is 0. The second-order valence-electron chi connectivity index (χ2n) is 3.42. The van der Waals surface area contributed by atoms with Crippen LogP contribution in [0.25, 0.3) is 0 Å². The van der Waals surface area contributed by atoms with E-state index in [9.17, 15) is 0 Å². The van der Waals surface area contributed by atoms with Crippen LogP contribution in [0.4, 0.5) is 0 Å². The summed E-state index contributed by atoms with van der Waals surface area (Å²) in [6.45, 7) is 8.26. The zero-order valence-electron chi connectivity index (χ0n) is 8.76. The van der Waals surface area contributed by atoms with Crippen LogP contribution in [0.3, 0.4) is 0 Å². The van der Waals surface area contributed by atoms with Crippen molar-refractivity contribution < 1.29 is 5.11 Å². The molecule has 0 aromatic heterocycles. The maximum Gasteiger partial charge on any atom is 0.0434 e. The van der Waals surface area contributed by atoms with Gasteiger partial charge < -0.3 is 10.4 Å². The molecule has 0 amide bonds. The Morgan fingerprint density at radius 2 is 2.31 bits per heavy atom. The van der Waals surface area contributed by atoms with E-state index in [-0.39, 0.29) is 0 Å². The summed E-state index contributed by atoms with van der Waals surface area (Å²) in [5.74, 6) is 0.633. The third kappa shape index (κ3) is 8.00. The van der Waals surface area contributed by atoms with Gasteiger partial charge in [-0.2, -0.15) is 0 Å². The number of nitrogens with one attached hydrogen (secondary N) is 1. The van der Waals surface area contributed by atoms with Crippen LogP contribution in [0.1, 0.15) is 32.6 Å². The van der Waals surface area contributed by atoms with E-state index in [1.165, 1.54) is 6.42 Å². The summed E-state index contributed by atoms with van der Waals surface area (Å²) in [5.41, 5.74) is 0. The van der Waals surface area contributed by atoms with Crippen molar-refractivity contribution in [1.82, 2.24) is 5.32 Å². The molecule has 0 spiro atoms. The second-order valence-corrected chi connectivity index (χ2v) is 3.42. The topological polar surface area (TPSA) is 32.3 Å². The van der Waals surface area contributed by atoms with Crippen LogP contribution in [0.5, 0.6) is 0 Å². The third-order valence-electron chi connectivity index (χ3n) is 2.31. The average Bonchev–Trinajstić information content (AvgIpc) is 2.16. The highest BCUT2D eigenvalue weighted by molar-refractivity contribution is 4.67. The smallest absolute Gasteiger partial charge is 0.0434 e. The summed E-state index contributed by atoms with van der Waals surface area (Å²) < 4.78 is 0. The molecule has 0 bridgehead atoms. The zero-order valence-corrected chi connectivity index (χ0v) is 8.76. The molecule has 0 saturated heterocycles. The molecule has 0 radical (unpaired) electrons. The summed E-state index contributed by atoms with van der Waals surface area (Å²) in [6, 6.07) is 0. The van der Waals surface area contributed by atoms with Gasteiger partial charge in [-0.25, -0.2) is 0 Å². The van der Waals surface area contributed by atoms with Gasteiger partial charge in [-0.15, -0.1) is 6.58 Å². The molecule has 13 heavy (non-hydrogen) atoms. The van der Waals surface area contributed by atoms with Crippen LogP contribution < -0.4 is 5.32 Å². The highest BCUT2D eigenvalue weighted by Gasteiger charge is 2.03. The van der Waals surface area contributed by atoms with Crippen molar-refractivity contribution in [2.45, 2.75) is 32.6 Å². The Balaban J connectivity index is 3.22. The first-order chi connectivity index (χ1) is 6.35. The summed E-state index contributed by atoms with van der Waals surface area (Å²) in [6.07, 6.45) is 6.27. The van der Waals surface area contributed by atoms with E-state index in [0.717, 1.165) is 32.4 Å². The lowest BCUT2D eigenvalue weighted by atomic mass is 10.0. The third-order valence-corrected chi connectivity index (χ3v) is 2.31. The van der Waals surface area contributed by atoms with Gasteiger partial charge in [-0.3, -0.25) is 0 Å². The van der Waals surface area contributed by atoms with E-state index in [4.69, 9.17) is 5.11 Å².